The van der Waals surface area contributed by atoms with Crippen LogP contribution in [0.15, 0.2) is 25.3 Å². The Morgan fingerprint density at radius 3 is 2.71 bits per heavy atom. The normalized spacial score (nSPS) is 32.4. The summed E-state index contributed by atoms with van der Waals surface area (Å²) in [5.41, 5.74) is 0. The number of allylic oxidation sites excluding steroid dienone is 1. The number of hydrogen-bond acceptors (Lipinski definition) is 6. The van der Waals surface area contributed by atoms with Crippen LogP contribution >= 0.6 is 11.8 Å². The predicted molar refractivity (Wildman–Crippen MR) is 134 cm³/mol. The molecule has 8 heteroatoms. The van der Waals surface area contributed by atoms with Crippen molar-refractivity contribution in [2.45, 2.75) is 75.0 Å². The summed E-state index contributed by atoms with van der Waals surface area (Å²) >= 11 is 1.63. The molecule has 3 saturated heterocycles. The molecule has 2 bridgehead atoms. The van der Waals surface area contributed by atoms with Gasteiger partial charge in [-0.25, -0.2) is 0 Å². The average Bonchev–Trinajstić information content (AvgIpc) is 3.42. The molecular weight excluding hydrogens is 452 g/mol. The zero-order valence-corrected chi connectivity index (χ0v) is 21.6. The van der Waals surface area contributed by atoms with Gasteiger partial charge in [0.25, 0.3) is 0 Å². The van der Waals surface area contributed by atoms with Gasteiger partial charge in [0.05, 0.1) is 35.8 Å². The van der Waals surface area contributed by atoms with E-state index in [0.29, 0.717) is 26.1 Å². The van der Waals surface area contributed by atoms with Crippen molar-refractivity contribution in [2.75, 3.05) is 26.3 Å². The number of likely N-dealkylation sites (tertiary alicyclic amines) is 1. The van der Waals surface area contributed by atoms with Gasteiger partial charge in [0.15, 0.2) is 0 Å². The van der Waals surface area contributed by atoms with Crippen LogP contribution in [-0.2, 0) is 19.1 Å². The SMILES string of the molecule is C=CCCCOC(=O)[C@@H]1[C@H]2C(=O)N([C@H](C)CO)C(C(=O)N(CC=C)CCCC)C23S[C@@H]1CC3C. The number of fused-ring (bicyclic) bond motifs is 1. The van der Waals surface area contributed by atoms with Crippen molar-refractivity contribution in [3.63, 3.8) is 0 Å². The topological polar surface area (TPSA) is 87.1 Å². The molecule has 7 atom stereocenters. The minimum absolute atomic E-state index is 0.0405. The summed E-state index contributed by atoms with van der Waals surface area (Å²) < 4.78 is 4.90. The summed E-state index contributed by atoms with van der Waals surface area (Å²) in [6.45, 7) is 14.5. The summed E-state index contributed by atoms with van der Waals surface area (Å²) in [4.78, 5) is 44.5. The molecule has 3 fully saturated rings. The van der Waals surface area contributed by atoms with Gasteiger partial charge in [-0.3, -0.25) is 14.4 Å². The summed E-state index contributed by atoms with van der Waals surface area (Å²) in [5.74, 6) is -1.74. The van der Waals surface area contributed by atoms with Crippen molar-refractivity contribution in [3.8, 4) is 0 Å². The fourth-order valence-corrected chi connectivity index (χ4v) is 8.43. The van der Waals surface area contributed by atoms with E-state index in [1.807, 2.05) is 0 Å². The summed E-state index contributed by atoms with van der Waals surface area (Å²) in [7, 11) is 0. The fraction of sp³-hybridized carbons (Fsp3) is 0.731. The number of esters is 1. The average molecular weight is 493 g/mol. The Morgan fingerprint density at radius 2 is 2.09 bits per heavy atom. The number of carbonyl (C=O) groups is 3. The Bertz CT molecular complexity index is 804. The van der Waals surface area contributed by atoms with Gasteiger partial charge in [0.1, 0.15) is 6.04 Å². The van der Waals surface area contributed by atoms with Crippen molar-refractivity contribution in [3.05, 3.63) is 25.3 Å². The molecule has 0 aromatic carbocycles. The van der Waals surface area contributed by atoms with Crippen molar-refractivity contribution in [2.24, 2.45) is 17.8 Å². The van der Waals surface area contributed by atoms with Crippen LogP contribution in [0.4, 0.5) is 0 Å². The van der Waals surface area contributed by atoms with Crippen LogP contribution < -0.4 is 0 Å². The second kappa shape index (κ2) is 11.3. The van der Waals surface area contributed by atoms with E-state index in [4.69, 9.17) is 4.74 Å². The van der Waals surface area contributed by atoms with Crippen LogP contribution in [0.2, 0.25) is 0 Å². The van der Waals surface area contributed by atoms with Crippen LogP contribution in [0.25, 0.3) is 0 Å². The first-order chi connectivity index (χ1) is 16.3. The number of amides is 2. The van der Waals surface area contributed by atoms with Crippen molar-refractivity contribution in [1.29, 1.82) is 0 Å². The first-order valence-electron chi connectivity index (χ1n) is 12.6. The molecule has 1 spiro atoms. The van der Waals surface area contributed by atoms with Gasteiger partial charge in [-0.1, -0.05) is 32.4 Å². The molecule has 0 aliphatic carbocycles. The van der Waals surface area contributed by atoms with Gasteiger partial charge in [-0.15, -0.1) is 24.9 Å². The van der Waals surface area contributed by atoms with Crippen molar-refractivity contribution >= 4 is 29.5 Å². The van der Waals surface area contributed by atoms with Gasteiger partial charge in [-0.05, 0) is 38.5 Å². The minimum atomic E-state index is -0.715. The van der Waals surface area contributed by atoms with E-state index in [2.05, 4.69) is 27.0 Å². The molecule has 190 valence electrons. The number of unbranched alkanes of at least 4 members (excludes halogenated alkanes) is 2. The zero-order valence-electron chi connectivity index (χ0n) is 20.8. The second-order valence-corrected chi connectivity index (χ2v) is 11.4. The molecular formula is C26H40N2O5S. The largest absolute Gasteiger partial charge is 0.465 e. The molecule has 7 nitrogen and oxygen atoms in total. The molecule has 2 amide bonds. The third-order valence-electron chi connectivity index (χ3n) is 7.67. The molecule has 0 aromatic rings. The maximum absolute atomic E-state index is 14.1. The number of aliphatic hydroxyl groups excluding tert-OH is 1. The van der Waals surface area contributed by atoms with E-state index in [0.717, 1.165) is 25.7 Å². The van der Waals surface area contributed by atoms with Crippen LogP contribution in [-0.4, -0.2) is 81.1 Å². The molecule has 0 saturated carbocycles. The van der Waals surface area contributed by atoms with E-state index >= 15 is 0 Å². The second-order valence-electron chi connectivity index (χ2n) is 9.85. The third-order valence-corrected chi connectivity index (χ3v) is 9.74. The molecule has 3 heterocycles. The van der Waals surface area contributed by atoms with E-state index < -0.39 is 28.7 Å². The Labute approximate surface area is 208 Å². The van der Waals surface area contributed by atoms with Crippen LogP contribution in [0.5, 0.6) is 0 Å². The van der Waals surface area contributed by atoms with Gasteiger partial charge < -0.3 is 19.6 Å². The van der Waals surface area contributed by atoms with E-state index in [-0.39, 0.29) is 35.6 Å². The van der Waals surface area contributed by atoms with Crippen LogP contribution in [0, 0.1) is 17.8 Å². The van der Waals surface area contributed by atoms with Gasteiger partial charge >= 0.3 is 5.97 Å². The van der Waals surface area contributed by atoms with Gasteiger partial charge in [0, 0.05) is 18.3 Å². The molecule has 3 aliphatic heterocycles. The van der Waals surface area contributed by atoms with E-state index in [9.17, 15) is 19.5 Å². The number of thioether (sulfide) groups is 1. The molecule has 3 aliphatic rings. The molecule has 1 N–H and O–H groups in total. The summed E-state index contributed by atoms with van der Waals surface area (Å²) in [5, 5.41) is 9.95. The Kier molecular flexibility index (Phi) is 8.90. The van der Waals surface area contributed by atoms with Crippen LogP contribution in [0.3, 0.4) is 0 Å². The molecule has 0 radical (unpaired) electrons. The molecule has 3 unspecified atom stereocenters. The number of nitrogens with zero attached hydrogens (tertiary/aromatic N) is 2. The lowest BCUT2D eigenvalue weighted by Crippen LogP contribution is -2.59. The predicted octanol–water partition coefficient (Wildman–Crippen LogP) is 3.03. The summed E-state index contributed by atoms with van der Waals surface area (Å²) in [6, 6.07) is -1.23. The lowest BCUT2D eigenvalue weighted by Gasteiger charge is -2.41. The van der Waals surface area contributed by atoms with Crippen molar-refractivity contribution < 1.29 is 24.2 Å². The molecule has 3 rings (SSSR count). The van der Waals surface area contributed by atoms with Gasteiger partial charge in [0.2, 0.25) is 11.8 Å². The highest BCUT2D eigenvalue weighted by atomic mass is 32.2. The van der Waals surface area contributed by atoms with Crippen LogP contribution in [0.1, 0.15) is 52.9 Å². The summed E-state index contributed by atoms with van der Waals surface area (Å²) in [6.07, 6.45) is 7.53. The lowest BCUT2D eigenvalue weighted by molar-refractivity contribution is -0.155. The Morgan fingerprint density at radius 1 is 1.35 bits per heavy atom. The zero-order chi connectivity index (χ0) is 25.0. The number of hydrogen-bond donors (Lipinski definition) is 1. The minimum Gasteiger partial charge on any atom is -0.465 e. The number of carbonyl (C=O) groups excluding carboxylic acids is 3. The first kappa shape index (κ1) is 26.8. The molecule has 34 heavy (non-hydrogen) atoms. The standard InChI is InChI=1S/C26H40N2O5S/c1-6-9-11-14-33-25(32)20-19-15-17(4)26(34-19)21(20)23(30)28(18(5)16-29)22(26)24(31)27(12-8-3)13-10-7-2/h6,8,17-22,29H,1,3,7,9-16H2,2,4-5H3/t17?,18-,19-,20+,21+,22?,26?/m1/s1. The van der Waals surface area contributed by atoms with Crippen molar-refractivity contribution in [1.82, 2.24) is 9.80 Å². The molecule has 0 aromatic heterocycles. The first-order valence-corrected chi connectivity index (χ1v) is 13.5. The highest BCUT2D eigenvalue weighted by molar-refractivity contribution is 8.02. The van der Waals surface area contributed by atoms with E-state index in [1.165, 1.54) is 0 Å². The quantitative estimate of drug-likeness (QED) is 0.242. The number of aliphatic hydroxyl groups is 1. The Hall–Kier alpha value is -1.80. The maximum atomic E-state index is 14.1. The lowest BCUT2D eigenvalue weighted by atomic mass is 9.66. The Balaban J connectivity index is 1.98. The smallest absolute Gasteiger partial charge is 0.310 e. The van der Waals surface area contributed by atoms with E-state index in [1.54, 1.807) is 40.6 Å². The number of ether oxygens (including phenoxy) is 1. The highest BCUT2D eigenvalue weighted by Gasteiger charge is 2.76. The van der Waals surface area contributed by atoms with Gasteiger partial charge in [-0.2, -0.15) is 0 Å². The number of rotatable bonds is 13. The fourth-order valence-electron chi connectivity index (χ4n) is 6.04. The third kappa shape index (κ3) is 4.43. The maximum Gasteiger partial charge on any atom is 0.310 e. The monoisotopic (exact) mass is 492 g/mol. The highest BCUT2D eigenvalue weighted by Crippen LogP contribution is 2.69.